The molecule has 3 heterocycles. The second-order valence-corrected chi connectivity index (χ2v) is 9.87. The number of aromatic nitrogens is 4. The maximum Gasteiger partial charge on any atom is 0.264 e. The number of nitrogens with zero attached hydrogens (tertiary/aromatic N) is 4. The van der Waals surface area contributed by atoms with Crippen LogP contribution in [0.3, 0.4) is 0 Å². The number of rotatable bonds is 4. The average molecular weight is 456 g/mol. The number of halogens is 2. The third-order valence-corrected chi connectivity index (χ3v) is 6.78. The summed E-state index contributed by atoms with van der Waals surface area (Å²) in [6.45, 7) is -0.269. The maximum atomic E-state index is 12.7. The molecule has 1 saturated heterocycles. The maximum absolute atomic E-state index is 12.7. The van der Waals surface area contributed by atoms with Crippen LogP contribution >= 0.6 is 23.2 Å². The fourth-order valence-electron chi connectivity index (χ4n) is 3.30. The van der Waals surface area contributed by atoms with Gasteiger partial charge < -0.3 is 5.32 Å². The molecule has 0 radical (unpaired) electrons. The van der Waals surface area contributed by atoms with E-state index in [2.05, 4.69) is 15.4 Å². The fraction of sp³-hybridized carbons (Fsp3) is 0.294. The van der Waals surface area contributed by atoms with Crippen molar-refractivity contribution in [1.29, 1.82) is 0 Å². The van der Waals surface area contributed by atoms with E-state index in [0.29, 0.717) is 27.8 Å². The first kappa shape index (κ1) is 19.9. The van der Waals surface area contributed by atoms with Crippen LogP contribution in [-0.2, 0) is 21.2 Å². The Kier molecular flexibility index (Phi) is 5.09. The normalized spacial score (nSPS) is 18.2. The Morgan fingerprint density at radius 1 is 1.24 bits per heavy atom. The summed E-state index contributed by atoms with van der Waals surface area (Å²) in [5, 5.41) is 7.74. The van der Waals surface area contributed by atoms with E-state index in [-0.39, 0.29) is 29.5 Å². The van der Waals surface area contributed by atoms with Crippen LogP contribution in [0.1, 0.15) is 12.5 Å². The first-order valence-corrected chi connectivity index (χ1v) is 11.2. The number of hydrogen-bond donors (Lipinski definition) is 1. The van der Waals surface area contributed by atoms with Crippen molar-refractivity contribution < 1.29 is 13.2 Å². The van der Waals surface area contributed by atoms with Gasteiger partial charge in [0.25, 0.3) is 5.56 Å². The lowest BCUT2D eigenvalue weighted by Crippen LogP contribution is -2.28. The third kappa shape index (κ3) is 4.14. The quantitative estimate of drug-likeness (QED) is 0.641. The molecule has 0 aliphatic carbocycles. The van der Waals surface area contributed by atoms with Gasteiger partial charge in [-0.3, -0.25) is 14.2 Å². The molecule has 0 saturated carbocycles. The second kappa shape index (κ2) is 7.43. The van der Waals surface area contributed by atoms with Crippen LogP contribution < -0.4 is 10.9 Å². The molecule has 4 rings (SSSR count). The van der Waals surface area contributed by atoms with E-state index in [4.69, 9.17) is 23.2 Å². The molecule has 1 fully saturated rings. The minimum Gasteiger partial charge on any atom is -0.324 e. The van der Waals surface area contributed by atoms with Gasteiger partial charge in [0, 0.05) is 15.7 Å². The molecule has 1 unspecified atom stereocenters. The van der Waals surface area contributed by atoms with E-state index < -0.39 is 21.3 Å². The SMILES string of the molecule is O=C(Cn1cnc2c(cnn2C2CCS(=O)(=O)C2)c1=O)Nc1cc(Cl)cc(Cl)c1. The number of anilines is 1. The van der Waals surface area contributed by atoms with Crippen molar-refractivity contribution >= 4 is 55.7 Å². The monoisotopic (exact) mass is 455 g/mol. The highest BCUT2D eigenvalue weighted by Crippen LogP contribution is 2.25. The predicted molar refractivity (Wildman–Crippen MR) is 109 cm³/mol. The van der Waals surface area contributed by atoms with Crippen molar-refractivity contribution in [2.24, 2.45) is 0 Å². The van der Waals surface area contributed by atoms with Crippen LogP contribution in [0, 0.1) is 0 Å². The fourth-order valence-corrected chi connectivity index (χ4v) is 5.51. The summed E-state index contributed by atoms with van der Waals surface area (Å²) >= 11 is 11.8. The molecule has 3 aromatic rings. The number of sulfone groups is 1. The molecule has 1 aliphatic heterocycles. The van der Waals surface area contributed by atoms with E-state index in [1.54, 1.807) is 0 Å². The zero-order valence-electron chi connectivity index (χ0n) is 14.9. The molecule has 0 bridgehead atoms. The lowest BCUT2D eigenvalue weighted by Gasteiger charge is -2.10. The van der Waals surface area contributed by atoms with Crippen molar-refractivity contribution in [3.8, 4) is 0 Å². The smallest absolute Gasteiger partial charge is 0.264 e. The summed E-state index contributed by atoms with van der Waals surface area (Å²) in [4.78, 5) is 29.2. The summed E-state index contributed by atoms with van der Waals surface area (Å²) in [6.07, 6.45) is 3.02. The first-order valence-electron chi connectivity index (χ1n) is 8.61. The number of hydrogen-bond acceptors (Lipinski definition) is 6. The number of amides is 1. The van der Waals surface area contributed by atoms with Crippen LogP contribution in [0.2, 0.25) is 10.0 Å². The van der Waals surface area contributed by atoms with Crippen molar-refractivity contribution in [2.75, 3.05) is 16.8 Å². The average Bonchev–Trinajstić information content (AvgIpc) is 3.19. The Morgan fingerprint density at radius 2 is 1.97 bits per heavy atom. The molecular formula is C17H15Cl2N5O4S. The molecule has 9 nitrogen and oxygen atoms in total. The van der Waals surface area contributed by atoms with Crippen LogP contribution in [0.15, 0.2) is 35.5 Å². The van der Waals surface area contributed by atoms with E-state index in [1.165, 1.54) is 35.4 Å². The predicted octanol–water partition coefficient (Wildman–Crippen LogP) is 1.90. The third-order valence-electron chi connectivity index (χ3n) is 4.59. The summed E-state index contributed by atoms with van der Waals surface area (Å²) in [7, 11) is -3.10. The van der Waals surface area contributed by atoms with Gasteiger partial charge in [0.2, 0.25) is 5.91 Å². The van der Waals surface area contributed by atoms with Crippen LogP contribution in [0.25, 0.3) is 11.0 Å². The molecule has 1 atom stereocenters. The number of carbonyl (C=O) groups excluding carboxylic acids is 1. The molecule has 1 N–H and O–H groups in total. The summed E-state index contributed by atoms with van der Waals surface area (Å²) in [5.74, 6) is -0.399. The molecule has 0 spiro atoms. The van der Waals surface area contributed by atoms with Crippen LogP contribution in [0.5, 0.6) is 0 Å². The molecule has 1 aliphatic rings. The van der Waals surface area contributed by atoms with Crippen LogP contribution in [-0.4, -0.2) is 45.2 Å². The highest BCUT2D eigenvalue weighted by atomic mass is 35.5. The van der Waals surface area contributed by atoms with Gasteiger partial charge >= 0.3 is 0 Å². The highest BCUT2D eigenvalue weighted by Gasteiger charge is 2.31. The lowest BCUT2D eigenvalue weighted by molar-refractivity contribution is -0.116. The van der Waals surface area contributed by atoms with E-state index in [9.17, 15) is 18.0 Å². The Hall–Kier alpha value is -2.43. The summed E-state index contributed by atoms with van der Waals surface area (Å²) in [5.41, 5.74) is 0.265. The molecular weight excluding hydrogens is 441 g/mol. The van der Waals surface area contributed by atoms with Gasteiger partial charge in [0.15, 0.2) is 15.5 Å². The molecule has 1 amide bonds. The van der Waals surface area contributed by atoms with Crippen molar-refractivity contribution in [3.63, 3.8) is 0 Å². The Bertz CT molecular complexity index is 1260. The molecule has 1 aromatic carbocycles. The van der Waals surface area contributed by atoms with Crippen molar-refractivity contribution in [3.05, 3.63) is 51.1 Å². The number of nitrogens with one attached hydrogen (secondary N) is 1. The summed E-state index contributed by atoms with van der Waals surface area (Å²) < 4.78 is 26.1. The molecule has 152 valence electrons. The topological polar surface area (TPSA) is 116 Å². The minimum atomic E-state index is -3.10. The first-order chi connectivity index (χ1) is 13.7. The van der Waals surface area contributed by atoms with Gasteiger partial charge in [0.1, 0.15) is 18.3 Å². The van der Waals surface area contributed by atoms with E-state index in [1.807, 2.05) is 0 Å². The number of fused-ring (bicyclic) bond motifs is 1. The second-order valence-electron chi connectivity index (χ2n) is 6.77. The largest absolute Gasteiger partial charge is 0.324 e. The van der Waals surface area contributed by atoms with E-state index in [0.717, 1.165) is 4.57 Å². The van der Waals surface area contributed by atoms with Gasteiger partial charge in [-0.25, -0.2) is 18.1 Å². The number of benzene rings is 1. The van der Waals surface area contributed by atoms with Gasteiger partial charge in [-0.05, 0) is 24.6 Å². The summed E-state index contributed by atoms with van der Waals surface area (Å²) in [6, 6.07) is 4.26. The van der Waals surface area contributed by atoms with Crippen LogP contribution in [0.4, 0.5) is 5.69 Å². The van der Waals surface area contributed by atoms with Crippen molar-refractivity contribution in [1.82, 2.24) is 19.3 Å². The van der Waals surface area contributed by atoms with Gasteiger partial charge in [-0.2, -0.15) is 5.10 Å². The molecule has 12 heteroatoms. The highest BCUT2D eigenvalue weighted by molar-refractivity contribution is 7.91. The Labute approximate surface area is 175 Å². The Morgan fingerprint density at radius 3 is 2.62 bits per heavy atom. The van der Waals surface area contributed by atoms with Gasteiger partial charge in [-0.1, -0.05) is 23.2 Å². The number of carbonyl (C=O) groups is 1. The molecule has 29 heavy (non-hydrogen) atoms. The van der Waals surface area contributed by atoms with E-state index >= 15 is 0 Å². The standard InChI is InChI=1S/C17H15Cl2N5O4S/c18-10-3-11(19)5-12(4-10)22-15(25)7-23-9-20-16-14(17(23)26)6-21-24(16)13-1-2-29(27,28)8-13/h3-6,9,13H,1-2,7-8H2,(H,22,25). The van der Waals surface area contributed by atoms with Gasteiger partial charge in [0.05, 0.1) is 23.7 Å². The van der Waals surface area contributed by atoms with Crippen molar-refractivity contribution in [2.45, 2.75) is 19.0 Å². The lowest BCUT2D eigenvalue weighted by atomic mass is 10.3. The van der Waals surface area contributed by atoms with Gasteiger partial charge in [-0.15, -0.1) is 0 Å². The zero-order chi connectivity index (χ0) is 20.8. The minimum absolute atomic E-state index is 0.0286. The Balaban J connectivity index is 1.57. The molecule has 2 aromatic heterocycles. The zero-order valence-corrected chi connectivity index (χ0v) is 17.2.